The third-order valence-corrected chi connectivity index (χ3v) is 4.57. The Kier molecular flexibility index (Phi) is 6.00. The van der Waals surface area contributed by atoms with Gasteiger partial charge >= 0.3 is 0 Å². The molecule has 0 aromatic heterocycles. The fourth-order valence-electron chi connectivity index (χ4n) is 2.20. The molecule has 2 unspecified atom stereocenters. The van der Waals surface area contributed by atoms with Gasteiger partial charge in [-0.25, -0.2) is 0 Å². The van der Waals surface area contributed by atoms with Crippen molar-refractivity contribution in [1.29, 1.82) is 0 Å². The molecule has 0 saturated heterocycles. The molecule has 0 spiro atoms. The molecule has 1 aliphatic carbocycles. The van der Waals surface area contributed by atoms with Crippen LogP contribution in [0.3, 0.4) is 0 Å². The average Bonchev–Trinajstić information content (AvgIpc) is 3.16. The Morgan fingerprint density at radius 3 is 2.61 bits per heavy atom. The highest BCUT2D eigenvalue weighted by Gasteiger charge is 2.56. The number of carbonyl (C=O) groups excluding carboxylic acids is 1. The number of carbonyl (C=O) groups is 1. The first kappa shape index (κ1) is 18.2. The van der Waals surface area contributed by atoms with E-state index in [1.165, 1.54) is 0 Å². The predicted molar refractivity (Wildman–Crippen MR) is 89.5 cm³/mol. The second-order valence-electron chi connectivity index (χ2n) is 5.50. The Hall–Kier alpha value is -1.17. The highest BCUT2D eigenvalue weighted by molar-refractivity contribution is 6.52. The molecule has 0 aliphatic heterocycles. The van der Waals surface area contributed by atoms with Crippen LogP contribution in [-0.4, -0.2) is 37.7 Å². The number of hydrogen-bond acceptors (Lipinski definition) is 4. The number of amides is 1. The van der Waals surface area contributed by atoms with Gasteiger partial charge in [0.25, 0.3) is 0 Å². The van der Waals surface area contributed by atoms with Crippen molar-refractivity contribution in [2.75, 3.05) is 27.4 Å². The van der Waals surface area contributed by atoms with Gasteiger partial charge in [0.1, 0.15) is 10.9 Å². The van der Waals surface area contributed by atoms with E-state index < -0.39 is 4.33 Å². The molecule has 2 atom stereocenters. The molecule has 1 N–H and O–H groups in total. The quantitative estimate of drug-likeness (QED) is 0.570. The Morgan fingerprint density at radius 1 is 1.35 bits per heavy atom. The van der Waals surface area contributed by atoms with Crippen molar-refractivity contribution in [2.24, 2.45) is 5.92 Å². The van der Waals surface area contributed by atoms with Crippen LogP contribution in [0, 0.1) is 5.92 Å². The number of ether oxygens (including phenoxy) is 3. The maximum atomic E-state index is 12.1. The summed E-state index contributed by atoms with van der Waals surface area (Å²) in [5.41, 5.74) is 0.907. The molecule has 7 heteroatoms. The lowest BCUT2D eigenvalue weighted by atomic mass is 10.1. The molecule has 1 saturated carbocycles. The Balaban J connectivity index is 2.00. The highest BCUT2D eigenvalue weighted by atomic mass is 35.5. The van der Waals surface area contributed by atoms with Crippen LogP contribution in [-0.2, 0) is 9.53 Å². The van der Waals surface area contributed by atoms with Gasteiger partial charge in [0.2, 0.25) is 5.91 Å². The number of methoxy groups -OCH3 is 2. The van der Waals surface area contributed by atoms with E-state index in [0.717, 1.165) is 5.56 Å². The van der Waals surface area contributed by atoms with Gasteiger partial charge in [-0.05, 0) is 31.0 Å². The topological polar surface area (TPSA) is 56.8 Å². The number of benzene rings is 1. The number of nitrogens with one attached hydrogen (secondary N) is 1. The molecule has 1 aromatic rings. The van der Waals surface area contributed by atoms with Crippen molar-refractivity contribution in [3.63, 3.8) is 0 Å². The molecule has 0 bridgehead atoms. The fraction of sp³-hybridized carbons (Fsp3) is 0.562. The van der Waals surface area contributed by atoms with Crippen molar-refractivity contribution in [1.82, 2.24) is 5.32 Å². The Bertz CT molecular complexity index is 565. The molecule has 0 heterocycles. The van der Waals surface area contributed by atoms with Crippen molar-refractivity contribution >= 4 is 29.1 Å². The molecule has 23 heavy (non-hydrogen) atoms. The SMILES string of the molecule is COCCOc1ccc(C(C)NC(=O)C2CC2(Cl)Cl)cc1OC. The van der Waals surface area contributed by atoms with Gasteiger partial charge < -0.3 is 19.5 Å². The number of rotatable bonds is 8. The van der Waals surface area contributed by atoms with Crippen molar-refractivity contribution < 1.29 is 19.0 Å². The maximum absolute atomic E-state index is 12.1. The van der Waals surface area contributed by atoms with Crippen molar-refractivity contribution in [3.8, 4) is 11.5 Å². The summed E-state index contributed by atoms with van der Waals surface area (Å²) < 4.78 is 15.0. The predicted octanol–water partition coefficient (Wildman–Crippen LogP) is 3.09. The summed E-state index contributed by atoms with van der Waals surface area (Å²) in [6, 6.07) is 5.36. The van der Waals surface area contributed by atoms with E-state index in [1.54, 1.807) is 14.2 Å². The van der Waals surface area contributed by atoms with Crippen LogP contribution in [0.4, 0.5) is 0 Å². The van der Waals surface area contributed by atoms with Crippen LogP contribution in [0.1, 0.15) is 24.9 Å². The lowest BCUT2D eigenvalue weighted by Crippen LogP contribution is -2.29. The minimum absolute atomic E-state index is 0.137. The summed E-state index contributed by atoms with van der Waals surface area (Å²) in [7, 11) is 3.19. The second-order valence-corrected chi connectivity index (χ2v) is 7.04. The smallest absolute Gasteiger partial charge is 0.226 e. The molecule has 128 valence electrons. The standard InChI is InChI=1S/C16H21Cl2NO4/c1-10(19-15(20)12-9-16(12,17)18)11-4-5-13(14(8-11)22-3)23-7-6-21-2/h4-5,8,10,12H,6-7,9H2,1-3H3,(H,19,20). The van der Waals surface area contributed by atoms with E-state index in [0.29, 0.717) is 31.1 Å². The van der Waals surface area contributed by atoms with Gasteiger partial charge in [-0.1, -0.05) is 6.07 Å². The third kappa shape index (κ3) is 4.66. The van der Waals surface area contributed by atoms with Crippen LogP contribution < -0.4 is 14.8 Å². The van der Waals surface area contributed by atoms with Gasteiger partial charge in [-0.3, -0.25) is 4.79 Å². The summed E-state index contributed by atoms with van der Waals surface area (Å²) in [6.45, 7) is 2.83. The zero-order valence-electron chi connectivity index (χ0n) is 13.4. The van der Waals surface area contributed by atoms with Crippen LogP contribution in [0.2, 0.25) is 0 Å². The van der Waals surface area contributed by atoms with Gasteiger partial charge in [0.15, 0.2) is 11.5 Å². The number of alkyl halides is 2. The molecule has 5 nitrogen and oxygen atoms in total. The van der Waals surface area contributed by atoms with Crippen LogP contribution >= 0.6 is 23.2 Å². The van der Waals surface area contributed by atoms with E-state index in [9.17, 15) is 4.79 Å². The van der Waals surface area contributed by atoms with Crippen LogP contribution in [0.5, 0.6) is 11.5 Å². The molecular formula is C16H21Cl2NO4. The van der Waals surface area contributed by atoms with Gasteiger partial charge in [0.05, 0.1) is 25.7 Å². The molecule has 1 aromatic carbocycles. The molecule has 1 fully saturated rings. The first-order valence-corrected chi connectivity index (χ1v) is 8.12. The molecule has 2 rings (SSSR count). The van der Waals surface area contributed by atoms with Gasteiger partial charge in [-0.2, -0.15) is 0 Å². The molecule has 1 aliphatic rings. The van der Waals surface area contributed by atoms with Gasteiger partial charge in [-0.15, -0.1) is 23.2 Å². The molecular weight excluding hydrogens is 341 g/mol. The van der Waals surface area contributed by atoms with E-state index in [1.807, 2.05) is 25.1 Å². The van der Waals surface area contributed by atoms with E-state index >= 15 is 0 Å². The summed E-state index contributed by atoms with van der Waals surface area (Å²) in [4.78, 5) is 12.1. The van der Waals surface area contributed by atoms with Crippen LogP contribution in [0.15, 0.2) is 18.2 Å². The Morgan fingerprint density at radius 2 is 2.04 bits per heavy atom. The zero-order chi connectivity index (χ0) is 17.0. The largest absolute Gasteiger partial charge is 0.493 e. The Labute approximate surface area is 146 Å². The van der Waals surface area contributed by atoms with Gasteiger partial charge in [0, 0.05) is 7.11 Å². The maximum Gasteiger partial charge on any atom is 0.226 e. The lowest BCUT2D eigenvalue weighted by molar-refractivity contribution is -0.123. The van der Waals surface area contributed by atoms with E-state index in [2.05, 4.69) is 5.32 Å². The van der Waals surface area contributed by atoms with E-state index in [4.69, 9.17) is 37.4 Å². The summed E-state index contributed by atoms with van der Waals surface area (Å²) in [5.74, 6) is 0.762. The minimum Gasteiger partial charge on any atom is -0.493 e. The number of halogens is 2. The highest BCUT2D eigenvalue weighted by Crippen LogP contribution is 2.53. The zero-order valence-corrected chi connectivity index (χ0v) is 14.9. The normalized spacial score (nSPS) is 19.8. The lowest BCUT2D eigenvalue weighted by Gasteiger charge is -2.17. The summed E-state index contributed by atoms with van der Waals surface area (Å²) in [6.07, 6.45) is 0.490. The monoisotopic (exact) mass is 361 g/mol. The minimum atomic E-state index is -0.916. The second kappa shape index (κ2) is 7.60. The average molecular weight is 362 g/mol. The number of hydrogen-bond donors (Lipinski definition) is 1. The molecule has 1 amide bonds. The third-order valence-electron chi connectivity index (χ3n) is 3.73. The first-order chi connectivity index (χ1) is 10.9. The van der Waals surface area contributed by atoms with Crippen LogP contribution in [0.25, 0.3) is 0 Å². The first-order valence-electron chi connectivity index (χ1n) is 7.37. The van der Waals surface area contributed by atoms with Crippen molar-refractivity contribution in [3.05, 3.63) is 23.8 Å². The fourth-order valence-corrected chi connectivity index (χ4v) is 2.71. The van der Waals surface area contributed by atoms with E-state index in [-0.39, 0.29) is 17.9 Å². The summed E-state index contributed by atoms with van der Waals surface area (Å²) in [5, 5.41) is 2.91. The van der Waals surface area contributed by atoms with Crippen molar-refractivity contribution in [2.45, 2.75) is 23.7 Å². The molecule has 0 radical (unpaired) electrons. The summed E-state index contributed by atoms with van der Waals surface area (Å²) >= 11 is 11.8.